The first kappa shape index (κ1) is 23.6. The molecule has 4 nitrogen and oxygen atoms in total. The van der Waals surface area contributed by atoms with Crippen molar-refractivity contribution in [2.24, 2.45) is 11.3 Å². The van der Waals surface area contributed by atoms with Crippen LogP contribution in [-0.4, -0.2) is 31.7 Å². The Morgan fingerprint density at radius 2 is 1.62 bits per heavy atom. The van der Waals surface area contributed by atoms with E-state index in [-0.39, 0.29) is 18.8 Å². The maximum absolute atomic E-state index is 13.6. The number of rotatable bonds is 7. The van der Waals surface area contributed by atoms with E-state index in [0.717, 1.165) is 18.9 Å². The smallest absolute Gasteiger partial charge is 0.383 e. The first-order chi connectivity index (χ1) is 12.9. The highest BCUT2D eigenvalue weighted by atomic mass is 32.2. The molecule has 0 spiro atoms. The highest BCUT2D eigenvalue weighted by molar-refractivity contribution is 7.88. The molecule has 1 unspecified atom stereocenters. The molecular weight excluding hydrogens is 445 g/mol. The molecule has 2 aliphatic rings. The van der Waals surface area contributed by atoms with Gasteiger partial charge in [-0.1, -0.05) is 12.8 Å². The standard InChI is InChI=1S/C15H14F9NO3S/c16-12(17,14(20,21)22)13(18,19)15(23,24)29(26,27)28-10-3-5-11(8-25,6-4-10)7-9-1-2-9/h3,9H,1-2,4-7H2. The minimum atomic E-state index is -7.35. The molecule has 1 fully saturated rings. The fraction of sp³-hybridized carbons (Fsp3) is 0.800. The predicted molar refractivity (Wildman–Crippen MR) is 78.2 cm³/mol. The van der Waals surface area contributed by atoms with E-state index in [1.165, 1.54) is 0 Å². The van der Waals surface area contributed by atoms with E-state index in [1.807, 2.05) is 6.07 Å². The molecule has 0 radical (unpaired) electrons. The van der Waals surface area contributed by atoms with Crippen molar-refractivity contribution in [1.29, 1.82) is 5.26 Å². The Balaban J connectivity index is 2.24. The summed E-state index contributed by atoms with van der Waals surface area (Å²) in [6, 6.07) is 2.02. The van der Waals surface area contributed by atoms with Crippen LogP contribution >= 0.6 is 0 Å². The van der Waals surface area contributed by atoms with Crippen molar-refractivity contribution in [2.45, 2.75) is 61.8 Å². The van der Waals surface area contributed by atoms with Crippen LogP contribution in [0.3, 0.4) is 0 Å². The van der Waals surface area contributed by atoms with Crippen LogP contribution in [0.25, 0.3) is 0 Å². The van der Waals surface area contributed by atoms with Gasteiger partial charge in [-0.2, -0.15) is 53.2 Å². The van der Waals surface area contributed by atoms with E-state index in [0.29, 0.717) is 6.42 Å². The van der Waals surface area contributed by atoms with Crippen molar-refractivity contribution in [3.05, 3.63) is 11.8 Å². The van der Waals surface area contributed by atoms with Gasteiger partial charge in [0.25, 0.3) is 0 Å². The SMILES string of the molecule is N#CC1(CC2CC2)CC=C(OS(=O)(=O)C(F)(F)C(F)(F)C(F)(F)C(F)(F)F)CC1. The van der Waals surface area contributed by atoms with Crippen LogP contribution in [-0.2, 0) is 14.3 Å². The Kier molecular flexibility index (Phi) is 5.66. The average molecular weight is 459 g/mol. The second kappa shape index (κ2) is 6.95. The van der Waals surface area contributed by atoms with Crippen molar-refractivity contribution in [1.82, 2.24) is 0 Å². The summed E-state index contributed by atoms with van der Waals surface area (Å²) in [6.45, 7) is 0. The summed E-state index contributed by atoms with van der Waals surface area (Å²) in [5.41, 5.74) is -0.951. The summed E-state index contributed by atoms with van der Waals surface area (Å²) in [5.74, 6) is -15.3. The van der Waals surface area contributed by atoms with E-state index in [4.69, 9.17) is 0 Å². The van der Waals surface area contributed by atoms with Gasteiger partial charge in [-0.05, 0) is 31.3 Å². The Morgan fingerprint density at radius 1 is 1.07 bits per heavy atom. The van der Waals surface area contributed by atoms with Gasteiger partial charge in [0.15, 0.2) is 0 Å². The Bertz CT molecular complexity index is 825. The van der Waals surface area contributed by atoms with E-state index >= 15 is 0 Å². The van der Waals surface area contributed by atoms with Gasteiger partial charge in [0.05, 0.1) is 11.5 Å². The van der Waals surface area contributed by atoms with Gasteiger partial charge >= 0.3 is 33.4 Å². The predicted octanol–water partition coefficient (Wildman–Crippen LogP) is 5.14. The van der Waals surface area contributed by atoms with Crippen LogP contribution in [0, 0.1) is 22.7 Å². The van der Waals surface area contributed by atoms with Crippen LogP contribution in [0.4, 0.5) is 39.5 Å². The number of nitrogens with zero attached hydrogens (tertiary/aromatic N) is 1. The van der Waals surface area contributed by atoms with Crippen LogP contribution in [0.5, 0.6) is 0 Å². The van der Waals surface area contributed by atoms with Crippen molar-refractivity contribution in [2.75, 3.05) is 0 Å². The fourth-order valence-electron chi connectivity index (χ4n) is 2.87. The van der Waals surface area contributed by atoms with Gasteiger partial charge in [0.1, 0.15) is 5.76 Å². The number of halogens is 9. The maximum Gasteiger partial charge on any atom is 0.460 e. The maximum atomic E-state index is 13.6. The van der Waals surface area contributed by atoms with Gasteiger partial charge in [-0.15, -0.1) is 0 Å². The minimum Gasteiger partial charge on any atom is -0.383 e. The molecule has 166 valence electrons. The molecule has 0 saturated heterocycles. The summed E-state index contributed by atoms with van der Waals surface area (Å²) >= 11 is 0. The lowest BCUT2D eigenvalue weighted by molar-refractivity contribution is -0.382. The van der Waals surface area contributed by atoms with Crippen LogP contribution in [0.2, 0.25) is 0 Å². The lowest BCUT2D eigenvalue weighted by atomic mass is 9.74. The normalized spacial score (nSPS) is 24.6. The lowest BCUT2D eigenvalue weighted by Crippen LogP contribution is -2.63. The second-order valence-electron chi connectivity index (χ2n) is 7.11. The second-order valence-corrected chi connectivity index (χ2v) is 8.70. The van der Waals surface area contributed by atoms with E-state index in [9.17, 15) is 53.2 Å². The van der Waals surface area contributed by atoms with Gasteiger partial charge in [-0.3, -0.25) is 0 Å². The molecule has 1 saturated carbocycles. The summed E-state index contributed by atoms with van der Waals surface area (Å²) in [6.07, 6.45) is -4.83. The largest absolute Gasteiger partial charge is 0.460 e. The van der Waals surface area contributed by atoms with E-state index in [2.05, 4.69) is 4.18 Å². The Morgan fingerprint density at radius 3 is 2.00 bits per heavy atom. The Hall–Kier alpha value is -1.65. The van der Waals surface area contributed by atoms with Crippen molar-refractivity contribution >= 4 is 10.1 Å². The molecule has 0 aromatic heterocycles. The molecule has 0 heterocycles. The van der Waals surface area contributed by atoms with Gasteiger partial charge in [0, 0.05) is 6.42 Å². The zero-order valence-electron chi connectivity index (χ0n) is 14.4. The first-order valence-electron chi connectivity index (χ1n) is 8.17. The van der Waals surface area contributed by atoms with E-state index < -0.39 is 51.0 Å². The van der Waals surface area contributed by atoms with Crippen molar-refractivity contribution < 1.29 is 52.1 Å². The van der Waals surface area contributed by atoms with Crippen molar-refractivity contribution in [3.63, 3.8) is 0 Å². The van der Waals surface area contributed by atoms with Gasteiger partial charge in [0.2, 0.25) is 0 Å². The monoisotopic (exact) mass is 459 g/mol. The number of hydrogen-bond donors (Lipinski definition) is 0. The molecule has 0 aromatic rings. The fourth-order valence-corrected chi connectivity index (χ4v) is 3.85. The van der Waals surface area contributed by atoms with Crippen LogP contribution in [0.1, 0.15) is 38.5 Å². The number of hydrogen-bond acceptors (Lipinski definition) is 4. The number of allylic oxidation sites excluding steroid dienone is 2. The highest BCUT2D eigenvalue weighted by Gasteiger charge is 2.86. The van der Waals surface area contributed by atoms with Crippen molar-refractivity contribution in [3.8, 4) is 6.07 Å². The summed E-state index contributed by atoms with van der Waals surface area (Å²) in [7, 11) is -6.93. The molecule has 0 N–H and O–H groups in total. The van der Waals surface area contributed by atoms with Crippen LogP contribution < -0.4 is 0 Å². The molecule has 1 atom stereocenters. The summed E-state index contributed by atoms with van der Waals surface area (Å²) < 4.78 is 143. The van der Waals surface area contributed by atoms with E-state index in [1.54, 1.807) is 0 Å². The lowest BCUT2D eigenvalue weighted by Gasteiger charge is -2.33. The molecule has 2 rings (SSSR count). The molecule has 0 amide bonds. The zero-order chi connectivity index (χ0) is 22.5. The molecule has 0 bridgehead atoms. The van der Waals surface area contributed by atoms with Gasteiger partial charge in [-0.25, -0.2) is 0 Å². The average Bonchev–Trinajstić information content (AvgIpc) is 3.39. The highest BCUT2D eigenvalue weighted by Crippen LogP contribution is 2.55. The first-order valence-corrected chi connectivity index (χ1v) is 9.58. The number of alkyl halides is 9. The third-order valence-electron chi connectivity index (χ3n) is 4.83. The van der Waals surface area contributed by atoms with Gasteiger partial charge < -0.3 is 4.18 Å². The zero-order valence-corrected chi connectivity index (χ0v) is 15.2. The molecule has 0 aromatic carbocycles. The summed E-state index contributed by atoms with van der Waals surface area (Å²) in [5, 5.41) is 2.40. The molecule has 2 aliphatic carbocycles. The number of nitriles is 1. The molecule has 14 heteroatoms. The van der Waals surface area contributed by atoms with Crippen LogP contribution in [0.15, 0.2) is 11.8 Å². The third-order valence-corrected chi connectivity index (χ3v) is 6.15. The molecular formula is C15H14F9NO3S. The third kappa shape index (κ3) is 4.02. The topological polar surface area (TPSA) is 67.2 Å². The quantitative estimate of drug-likeness (QED) is 0.391. The summed E-state index contributed by atoms with van der Waals surface area (Å²) in [4.78, 5) is 0. The minimum absolute atomic E-state index is 0.0813. The Labute approximate surface area is 159 Å². The molecule has 29 heavy (non-hydrogen) atoms. The molecule has 0 aliphatic heterocycles.